The van der Waals surface area contributed by atoms with E-state index in [2.05, 4.69) is 116 Å². The van der Waals surface area contributed by atoms with Crippen LogP contribution < -0.4 is 4.90 Å². The van der Waals surface area contributed by atoms with Crippen LogP contribution in [0.3, 0.4) is 0 Å². The molecule has 0 amide bonds. The van der Waals surface area contributed by atoms with Gasteiger partial charge in [-0.15, -0.1) is 0 Å². The molecule has 5 aromatic rings. The molecule has 0 saturated heterocycles. The molecule has 5 rings (SSSR count). The normalized spacial score (nSPS) is 13.1. The Bertz CT molecular complexity index is 1570. The average molecular weight is 487 g/mol. The fourth-order valence-corrected chi connectivity index (χ4v) is 5.02. The molecule has 0 spiro atoms. The van der Waals surface area contributed by atoms with Crippen molar-refractivity contribution in [3.05, 3.63) is 137 Å². The van der Waals surface area contributed by atoms with Crippen LogP contribution in [0.15, 0.2) is 115 Å². The molecule has 0 aliphatic rings. The first-order valence-electron chi connectivity index (χ1n) is 12.6. The lowest BCUT2D eigenvalue weighted by Crippen LogP contribution is -2.34. The van der Waals surface area contributed by atoms with Crippen molar-refractivity contribution in [1.29, 1.82) is 0 Å². The summed E-state index contributed by atoms with van der Waals surface area (Å²) in [5.41, 5.74) is 3.52. The number of benzene rings is 5. The van der Waals surface area contributed by atoms with E-state index in [9.17, 15) is 10.1 Å². The van der Waals surface area contributed by atoms with Gasteiger partial charge in [0.1, 0.15) is 0 Å². The van der Waals surface area contributed by atoms with E-state index < -0.39 is 0 Å². The smallest absolute Gasteiger partial charge is 0.269 e. The van der Waals surface area contributed by atoms with Crippen molar-refractivity contribution in [2.24, 2.45) is 0 Å². The van der Waals surface area contributed by atoms with Crippen LogP contribution in [0.1, 0.15) is 30.4 Å². The Balaban J connectivity index is 1.43. The summed E-state index contributed by atoms with van der Waals surface area (Å²) < 4.78 is 0. The predicted molar refractivity (Wildman–Crippen MR) is 155 cm³/mol. The van der Waals surface area contributed by atoms with E-state index in [1.54, 1.807) is 12.1 Å². The van der Waals surface area contributed by atoms with Gasteiger partial charge in [-0.1, -0.05) is 91.0 Å². The number of nitro benzene ring substituents is 1. The Hall–Kier alpha value is -4.44. The molecule has 0 heterocycles. The number of nitro groups is 1. The molecule has 0 aliphatic carbocycles. The molecule has 0 fully saturated rings. The summed E-state index contributed by atoms with van der Waals surface area (Å²) in [6, 6.07) is 37.0. The van der Waals surface area contributed by atoms with Gasteiger partial charge in [-0.25, -0.2) is 0 Å². The van der Waals surface area contributed by atoms with E-state index in [4.69, 9.17) is 0 Å². The van der Waals surface area contributed by atoms with E-state index in [1.165, 1.54) is 21.5 Å². The molecule has 4 nitrogen and oxygen atoms in total. The lowest BCUT2D eigenvalue weighted by atomic mass is 9.87. The topological polar surface area (TPSA) is 46.4 Å². The number of hydrogen-bond acceptors (Lipinski definition) is 3. The van der Waals surface area contributed by atoms with Crippen molar-refractivity contribution in [3.8, 4) is 0 Å². The van der Waals surface area contributed by atoms with E-state index in [0.29, 0.717) is 0 Å². The van der Waals surface area contributed by atoms with E-state index in [1.807, 2.05) is 12.1 Å². The molecule has 4 heteroatoms. The maximum Gasteiger partial charge on any atom is 0.269 e. The second-order valence-corrected chi connectivity index (χ2v) is 9.58. The van der Waals surface area contributed by atoms with Crippen LogP contribution in [0.25, 0.3) is 27.6 Å². The van der Waals surface area contributed by atoms with Gasteiger partial charge in [-0.05, 0) is 64.2 Å². The maximum absolute atomic E-state index is 11.2. The number of fused-ring (bicyclic) bond motifs is 2. The molecule has 37 heavy (non-hydrogen) atoms. The SMILES string of the molecule is CC(C(C/C=C/c1ccc2ccccc2c1)c1ccc([N+](=O)[O-])cc1)N(C)c1ccc2ccccc2c1. The van der Waals surface area contributed by atoms with Crippen molar-refractivity contribution >= 4 is 39.0 Å². The van der Waals surface area contributed by atoms with Gasteiger partial charge in [0, 0.05) is 36.8 Å². The summed E-state index contributed by atoms with van der Waals surface area (Å²) in [5, 5.41) is 16.1. The number of non-ortho nitro benzene ring substituents is 1. The average Bonchev–Trinajstić information content (AvgIpc) is 2.94. The Morgan fingerprint density at radius 1 is 0.784 bits per heavy atom. The van der Waals surface area contributed by atoms with Crippen molar-refractivity contribution in [3.63, 3.8) is 0 Å². The molecule has 0 aromatic heterocycles. The van der Waals surface area contributed by atoms with Crippen molar-refractivity contribution in [2.75, 3.05) is 11.9 Å². The van der Waals surface area contributed by atoms with Crippen LogP contribution in [0.2, 0.25) is 0 Å². The summed E-state index contributed by atoms with van der Waals surface area (Å²) in [4.78, 5) is 13.2. The summed E-state index contributed by atoms with van der Waals surface area (Å²) in [6.45, 7) is 2.23. The summed E-state index contributed by atoms with van der Waals surface area (Å²) in [6.07, 6.45) is 5.21. The van der Waals surface area contributed by atoms with Gasteiger partial charge in [0.2, 0.25) is 0 Å². The third-order valence-corrected chi connectivity index (χ3v) is 7.34. The molecule has 184 valence electrons. The second kappa shape index (κ2) is 10.7. The molecule has 0 bridgehead atoms. The molecule has 0 N–H and O–H groups in total. The third kappa shape index (κ3) is 5.39. The van der Waals surface area contributed by atoms with Gasteiger partial charge in [0.15, 0.2) is 0 Å². The first-order valence-corrected chi connectivity index (χ1v) is 12.6. The third-order valence-electron chi connectivity index (χ3n) is 7.34. The van der Waals surface area contributed by atoms with Crippen LogP contribution in [0.4, 0.5) is 11.4 Å². The molecule has 2 atom stereocenters. The minimum absolute atomic E-state index is 0.116. The highest BCUT2D eigenvalue weighted by atomic mass is 16.6. The largest absolute Gasteiger partial charge is 0.371 e. The zero-order valence-corrected chi connectivity index (χ0v) is 21.1. The zero-order chi connectivity index (χ0) is 25.8. The van der Waals surface area contributed by atoms with Crippen LogP contribution in [-0.2, 0) is 0 Å². The fourth-order valence-electron chi connectivity index (χ4n) is 5.02. The molecule has 5 aromatic carbocycles. The lowest BCUT2D eigenvalue weighted by molar-refractivity contribution is -0.384. The standard InChI is InChI=1S/C33H30N2O2/c1-24(34(2)32-21-16-27-10-4-6-12-30(27)23-32)33(28-17-19-31(20-18-28)35(36)37)13-7-8-25-14-15-26-9-3-5-11-29(26)22-25/h3-12,14-24,33H,13H2,1-2H3/b8-7+. The lowest BCUT2D eigenvalue weighted by Gasteiger charge is -2.34. The Morgan fingerprint density at radius 3 is 2.03 bits per heavy atom. The van der Waals surface area contributed by atoms with Crippen molar-refractivity contribution in [2.45, 2.75) is 25.3 Å². The van der Waals surface area contributed by atoms with Gasteiger partial charge in [0.05, 0.1) is 4.92 Å². The number of rotatable bonds is 8. The molecular weight excluding hydrogens is 456 g/mol. The second-order valence-electron chi connectivity index (χ2n) is 9.58. The monoisotopic (exact) mass is 486 g/mol. The number of likely N-dealkylation sites (N-methyl/N-ethyl adjacent to an activating group) is 1. The number of nitrogens with zero attached hydrogens (tertiary/aromatic N) is 2. The Morgan fingerprint density at radius 2 is 1.38 bits per heavy atom. The van der Waals surface area contributed by atoms with Crippen LogP contribution in [0.5, 0.6) is 0 Å². The predicted octanol–water partition coefficient (Wildman–Crippen LogP) is 8.61. The van der Waals surface area contributed by atoms with Gasteiger partial charge in [0.25, 0.3) is 5.69 Å². The quantitative estimate of drug-likeness (QED) is 0.163. The van der Waals surface area contributed by atoms with Gasteiger partial charge < -0.3 is 4.90 Å². The molecule has 2 unspecified atom stereocenters. The van der Waals surface area contributed by atoms with Gasteiger partial charge >= 0.3 is 0 Å². The van der Waals surface area contributed by atoms with Crippen molar-refractivity contribution < 1.29 is 4.92 Å². The molecule has 0 saturated carbocycles. The first-order chi connectivity index (χ1) is 18.0. The molecular formula is C33H30N2O2. The fraction of sp³-hybridized carbons (Fsp3) is 0.152. The van der Waals surface area contributed by atoms with Crippen molar-refractivity contribution in [1.82, 2.24) is 0 Å². The van der Waals surface area contributed by atoms with E-state index in [0.717, 1.165) is 23.2 Å². The van der Waals surface area contributed by atoms with E-state index >= 15 is 0 Å². The van der Waals surface area contributed by atoms with Crippen LogP contribution in [-0.4, -0.2) is 18.0 Å². The number of hydrogen-bond donors (Lipinski definition) is 0. The Kier molecular flexibility index (Phi) is 7.00. The summed E-state index contributed by atoms with van der Waals surface area (Å²) in [7, 11) is 2.13. The first kappa shape index (κ1) is 24.3. The Labute approximate surface area is 217 Å². The van der Waals surface area contributed by atoms with Gasteiger partial charge in [-0.3, -0.25) is 10.1 Å². The van der Waals surface area contributed by atoms with Gasteiger partial charge in [-0.2, -0.15) is 0 Å². The highest BCUT2D eigenvalue weighted by Crippen LogP contribution is 2.32. The summed E-state index contributed by atoms with van der Waals surface area (Å²) >= 11 is 0. The maximum atomic E-state index is 11.2. The highest BCUT2D eigenvalue weighted by molar-refractivity contribution is 5.86. The zero-order valence-electron chi connectivity index (χ0n) is 21.1. The minimum Gasteiger partial charge on any atom is -0.371 e. The molecule has 0 aliphatic heterocycles. The minimum atomic E-state index is -0.344. The highest BCUT2D eigenvalue weighted by Gasteiger charge is 2.23. The van der Waals surface area contributed by atoms with Crippen LogP contribution in [0, 0.1) is 10.1 Å². The van der Waals surface area contributed by atoms with Crippen LogP contribution >= 0.6 is 0 Å². The summed E-state index contributed by atoms with van der Waals surface area (Å²) in [5.74, 6) is 0.147. The van der Waals surface area contributed by atoms with E-state index in [-0.39, 0.29) is 22.6 Å². The number of allylic oxidation sites excluding steroid dienone is 1. The number of anilines is 1. The molecule has 0 radical (unpaired) electrons.